The summed E-state index contributed by atoms with van der Waals surface area (Å²) < 4.78 is 76.2. The number of rotatable bonds is 2. The van der Waals surface area contributed by atoms with Crippen LogP contribution in [-0.2, 0) is 12.1 Å². The van der Waals surface area contributed by atoms with Crippen LogP contribution >= 0.6 is 11.6 Å². The van der Waals surface area contributed by atoms with E-state index in [2.05, 4.69) is 4.74 Å². The molecule has 0 bridgehead atoms. The van der Waals surface area contributed by atoms with Gasteiger partial charge in [0.05, 0.1) is 5.88 Å². The van der Waals surface area contributed by atoms with Crippen LogP contribution < -0.4 is 10.2 Å². The number of hydrogen-bond acceptors (Lipinski definition) is 2. The Hall–Kier alpha value is -1.38. The highest BCUT2D eigenvalue weighted by Gasteiger charge is 2.41. The Morgan fingerprint density at radius 1 is 1.22 bits per heavy atom. The van der Waals surface area contributed by atoms with Crippen molar-refractivity contribution in [1.29, 1.82) is 0 Å². The summed E-state index contributed by atoms with van der Waals surface area (Å²) in [6, 6.07) is 0.503. The summed E-state index contributed by atoms with van der Waals surface area (Å²) in [7, 11) is 0. The van der Waals surface area contributed by atoms with Gasteiger partial charge in [-0.3, -0.25) is 4.79 Å². The molecule has 0 saturated heterocycles. The number of ether oxygens (including phenoxy) is 1. The number of nitrogens with one attached hydrogen (secondary N) is 1. The van der Waals surface area contributed by atoms with Gasteiger partial charge in [-0.25, -0.2) is 0 Å². The number of halogens is 7. The van der Waals surface area contributed by atoms with Gasteiger partial charge in [0.2, 0.25) is 11.2 Å². The van der Waals surface area contributed by atoms with Crippen molar-refractivity contribution < 1.29 is 31.1 Å². The monoisotopic (exact) mass is 295 g/mol. The molecule has 0 amide bonds. The molecule has 0 aromatic carbocycles. The van der Waals surface area contributed by atoms with Crippen molar-refractivity contribution in [3.8, 4) is 5.75 Å². The first-order chi connectivity index (χ1) is 8.04. The van der Waals surface area contributed by atoms with E-state index in [1.807, 2.05) is 0 Å². The molecule has 0 radical (unpaired) electrons. The second-order valence-corrected chi connectivity index (χ2v) is 3.31. The van der Waals surface area contributed by atoms with Gasteiger partial charge in [0.1, 0.15) is 0 Å². The van der Waals surface area contributed by atoms with Gasteiger partial charge in [0, 0.05) is 11.8 Å². The molecule has 0 aliphatic carbocycles. The Morgan fingerprint density at radius 3 is 2.17 bits per heavy atom. The summed E-state index contributed by atoms with van der Waals surface area (Å²) in [6.45, 7) is 0. The fraction of sp³-hybridized carbons (Fsp3) is 0.375. The Kier molecular flexibility index (Phi) is 3.84. The minimum atomic E-state index is -5.41. The third kappa shape index (κ3) is 3.56. The smallest absolute Gasteiger partial charge is 0.399 e. The molecule has 0 aliphatic rings. The van der Waals surface area contributed by atoms with E-state index in [4.69, 9.17) is 11.6 Å². The molecule has 1 aromatic rings. The summed E-state index contributed by atoms with van der Waals surface area (Å²) in [6.07, 6.45) is -10.6. The van der Waals surface area contributed by atoms with Crippen LogP contribution in [0.1, 0.15) is 11.4 Å². The quantitative estimate of drug-likeness (QED) is 0.673. The third-order valence-electron chi connectivity index (χ3n) is 1.69. The Morgan fingerprint density at radius 2 is 1.78 bits per heavy atom. The molecule has 1 N–H and O–H groups in total. The summed E-state index contributed by atoms with van der Waals surface area (Å²) >= 11 is 5.21. The van der Waals surface area contributed by atoms with E-state index in [0.29, 0.717) is 6.07 Å². The van der Waals surface area contributed by atoms with E-state index in [1.54, 1.807) is 4.98 Å². The number of hydrogen-bond donors (Lipinski definition) is 1. The largest absolute Gasteiger partial charge is 0.573 e. The Bertz CT molecular complexity index is 492. The molecule has 18 heavy (non-hydrogen) atoms. The van der Waals surface area contributed by atoms with Crippen molar-refractivity contribution in [3.63, 3.8) is 0 Å². The average Bonchev–Trinajstić information content (AvgIpc) is 2.17. The van der Waals surface area contributed by atoms with E-state index in [0.717, 1.165) is 0 Å². The van der Waals surface area contributed by atoms with Crippen LogP contribution in [0.25, 0.3) is 0 Å². The molecule has 0 atom stereocenters. The van der Waals surface area contributed by atoms with Crippen LogP contribution in [0.2, 0.25) is 0 Å². The molecular weight excluding hydrogens is 292 g/mol. The molecule has 1 rings (SSSR count). The van der Waals surface area contributed by atoms with Crippen LogP contribution in [0.15, 0.2) is 10.9 Å². The van der Waals surface area contributed by atoms with E-state index in [1.165, 1.54) is 0 Å². The second-order valence-electron chi connectivity index (χ2n) is 3.04. The number of aromatic amines is 1. The van der Waals surface area contributed by atoms with Crippen molar-refractivity contribution in [1.82, 2.24) is 4.98 Å². The highest BCUT2D eigenvalue weighted by molar-refractivity contribution is 6.16. The van der Waals surface area contributed by atoms with Crippen LogP contribution in [0.3, 0.4) is 0 Å². The van der Waals surface area contributed by atoms with Crippen LogP contribution in [0, 0.1) is 0 Å². The molecule has 10 heteroatoms. The maximum Gasteiger partial charge on any atom is 0.573 e. The minimum Gasteiger partial charge on any atom is -0.399 e. The second kappa shape index (κ2) is 4.71. The first-order valence-electron chi connectivity index (χ1n) is 4.19. The number of alkyl halides is 7. The van der Waals surface area contributed by atoms with Gasteiger partial charge >= 0.3 is 12.5 Å². The lowest BCUT2D eigenvalue weighted by molar-refractivity contribution is -0.277. The standard InChI is InChI=1S/C8H4ClF6NO2/c9-2-3-1-4(17)5(18-8(13,14)15)6(16-3)7(10,11)12/h1H,2H2,(H,16,17). The van der Waals surface area contributed by atoms with E-state index in [9.17, 15) is 31.1 Å². The molecule has 0 unspecified atom stereocenters. The van der Waals surface area contributed by atoms with E-state index in [-0.39, 0.29) is 5.69 Å². The molecule has 1 heterocycles. The summed E-state index contributed by atoms with van der Waals surface area (Å²) in [5.74, 6) is -2.35. The average molecular weight is 296 g/mol. The molecule has 1 aromatic heterocycles. The lowest BCUT2D eigenvalue weighted by Crippen LogP contribution is -2.26. The van der Waals surface area contributed by atoms with Gasteiger partial charge in [0.15, 0.2) is 5.69 Å². The SMILES string of the molecule is O=c1cc(CCl)[nH]c(C(F)(F)F)c1OC(F)(F)F. The Balaban J connectivity index is 3.44. The molecule has 3 nitrogen and oxygen atoms in total. The number of pyridine rings is 1. The van der Waals surface area contributed by atoms with Crippen LogP contribution in [0.4, 0.5) is 26.3 Å². The lowest BCUT2D eigenvalue weighted by atomic mass is 10.2. The van der Waals surface area contributed by atoms with Crippen LogP contribution in [0.5, 0.6) is 5.75 Å². The summed E-state index contributed by atoms with van der Waals surface area (Å²) in [5, 5.41) is 0. The number of aromatic nitrogens is 1. The zero-order valence-corrected chi connectivity index (χ0v) is 9.00. The van der Waals surface area contributed by atoms with Crippen molar-refractivity contribution in [2.24, 2.45) is 0 Å². The first-order valence-corrected chi connectivity index (χ1v) is 4.73. The summed E-state index contributed by atoms with van der Waals surface area (Å²) in [4.78, 5) is 12.7. The first kappa shape index (κ1) is 14.7. The van der Waals surface area contributed by atoms with Crippen molar-refractivity contribution in [3.05, 3.63) is 27.7 Å². The fourth-order valence-corrected chi connectivity index (χ4v) is 1.23. The molecule has 102 valence electrons. The predicted molar refractivity (Wildman–Crippen MR) is 48.3 cm³/mol. The summed E-state index contributed by atoms with van der Waals surface area (Å²) in [5.41, 5.74) is -3.86. The molecule has 0 fully saturated rings. The van der Waals surface area contributed by atoms with Gasteiger partial charge in [-0.1, -0.05) is 0 Å². The minimum absolute atomic E-state index is 0.372. The molecular formula is C8H4ClF6NO2. The third-order valence-corrected chi connectivity index (χ3v) is 1.97. The van der Waals surface area contributed by atoms with Gasteiger partial charge in [-0.2, -0.15) is 13.2 Å². The highest BCUT2D eigenvalue weighted by Crippen LogP contribution is 2.35. The van der Waals surface area contributed by atoms with Gasteiger partial charge in [-0.05, 0) is 0 Å². The molecule has 0 saturated carbocycles. The van der Waals surface area contributed by atoms with Crippen molar-refractivity contribution in [2.75, 3.05) is 0 Å². The topological polar surface area (TPSA) is 42.1 Å². The number of H-pyrrole nitrogens is 1. The normalized spacial score (nSPS) is 12.6. The van der Waals surface area contributed by atoms with Crippen LogP contribution in [-0.4, -0.2) is 11.3 Å². The fourth-order valence-electron chi connectivity index (χ4n) is 1.09. The van der Waals surface area contributed by atoms with Gasteiger partial charge in [0.25, 0.3) is 0 Å². The van der Waals surface area contributed by atoms with Gasteiger partial charge < -0.3 is 9.72 Å². The highest BCUT2D eigenvalue weighted by atomic mass is 35.5. The Labute approximate surface area is 100 Å². The van der Waals surface area contributed by atoms with Crippen molar-refractivity contribution in [2.45, 2.75) is 18.4 Å². The molecule has 0 aliphatic heterocycles. The van der Waals surface area contributed by atoms with E-state index < -0.39 is 35.3 Å². The lowest BCUT2D eigenvalue weighted by Gasteiger charge is -2.15. The maximum atomic E-state index is 12.5. The van der Waals surface area contributed by atoms with Gasteiger partial charge in [-0.15, -0.1) is 24.8 Å². The van der Waals surface area contributed by atoms with E-state index >= 15 is 0 Å². The zero-order chi connectivity index (χ0) is 14.1. The predicted octanol–water partition coefficient (Wildman–Crippen LogP) is 3.03. The molecule has 0 spiro atoms. The maximum absolute atomic E-state index is 12.5. The van der Waals surface area contributed by atoms with Crippen molar-refractivity contribution >= 4 is 11.6 Å². The zero-order valence-electron chi connectivity index (χ0n) is 8.25.